The van der Waals surface area contributed by atoms with Gasteiger partial charge in [-0.3, -0.25) is 0 Å². The predicted octanol–water partition coefficient (Wildman–Crippen LogP) is 0.953. The number of aliphatic hydroxyl groups excluding tert-OH is 3. The zero-order valence-corrected chi connectivity index (χ0v) is 11.0. The molecule has 4 heteroatoms. The first-order chi connectivity index (χ1) is 6.93. The third-order valence-corrected chi connectivity index (χ3v) is 0.953. The maximum atomic E-state index is 7.00. The molecule has 1 aromatic rings. The van der Waals surface area contributed by atoms with Crippen LogP contribution < -0.4 is 0 Å². The third kappa shape index (κ3) is 19.8. The van der Waals surface area contributed by atoms with E-state index >= 15 is 0 Å². The van der Waals surface area contributed by atoms with Gasteiger partial charge < -0.3 is 15.3 Å². The Morgan fingerprint density at radius 3 is 1.73 bits per heavy atom. The fraction of sp³-hybridized carbons (Fsp3) is 0.273. The standard InChI is InChI=1S/C8H7.3CH4O.Ti/c1-2-8-6-4-3-5-7-8;3*1-2;/h2-6H,1H2;3*2H,1H3;/q-1;;;;. The molecular formula is C11H19O3Ti-. The fourth-order valence-corrected chi connectivity index (χ4v) is 0.534. The van der Waals surface area contributed by atoms with Crippen LogP contribution in [0.4, 0.5) is 0 Å². The molecule has 1 aromatic carbocycles. The largest absolute Gasteiger partial charge is 0.400 e. The minimum atomic E-state index is 0. The van der Waals surface area contributed by atoms with Gasteiger partial charge in [-0.2, -0.15) is 5.56 Å². The molecule has 15 heavy (non-hydrogen) atoms. The van der Waals surface area contributed by atoms with E-state index in [9.17, 15) is 0 Å². The van der Waals surface area contributed by atoms with Gasteiger partial charge in [0.1, 0.15) is 0 Å². The molecule has 0 heterocycles. The Kier molecular flexibility index (Phi) is 46.7. The van der Waals surface area contributed by atoms with Gasteiger partial charge in [-0.15, -0.1) is 43.0 Å². The Bertz CT molecular complexity index is 178. The molecule has 0 aliphatic carbocycles. The molecule has 1 rings (SSSR count). The summed E-state index contributed by atoms with van der Waals surface area (Å²) in [6, 6.07) is 10.7. The van der Waals surface area contributed by atoms with Gasteiger partial charge in [-0.05, 0) is 0 Å². The van der Waals surface area contributed by atoms with Crippen LogP contribution in [0.3, 0.4) is 0 Å². The van der Waals surface area contributed by atoms with Crippen LogP contribution in [0.1, 0.15) is 5.56 Å². The summed E-state index contributed by atoms with van der Waals surface area (Å²) in [5.41, 5.74) is 1.05. The molecule has 0 radical (unpaired) electrons. The first-order valence-electron chi connectivity index (χ1n) is 3.87. The smallest absolute Gasteiger partial charge is 0.0319 e. The van der Waals surface area contributed by atoms with Crippen LogP contribution in [0.5, 0.6) is 0 Å². The molecule has 0 aliphatic heterocycles. The molecule has 0 fully saturated rings. The molecule has 0 aliphatic rings. The Morgan fingerprint density at radius 1 is 1.07 bits per heavy atom. The SMILES string of the molecule is C=Cc1[c-]cccc1.CO.CO.CO.[Ti]. The van der Waals surface area contributed by atoms with Crippen molar-refractivity contribution in [1.82, 2.24) is 0 Å². The topological polar surface area (TPSA) is 60.7 Å². The first-order valence-corrected chi connectivity index (χ1v) is 3.87. The molecule has 3 nitrogen and oxygen atoms in total. The van der Waals surface area contributed by atoms with Gasteiger partial charge in [0, 0.05) is 43.0 Å². The van der Waals surface area contributed by atoms with E-state index in [0.717, 1.165) is 26.9 Å². The van der Waals surface area contributed by atoms with E-state index < -0.39 is 0 Å². The van der Waals surface area contributed by atoms with Gasteiger partial charge in [0.05, 0.1) is 0 Å². The Morgan fingerprint density at radius 2 is 1.53 bits per heavy atom. The zero-order valence-electron chi connectivity index (χ0n) is 9.44. The molecule has 0 saturated carbocycles. The van der Waals surface area contributed by atoms with Crippen molar-refractivity contribution in [3.63, 3.8) is 0 Å². The number of hydrogen-bond acceptors (Lipinski definition) is 3. The zero-order chi connectivity index (χ0) is 11.8. The van der Waals surface area contributed by atoms with Crippen LogP contribution in [-0.2, 0) is 21.7 Å². The van der Waals surface area contributed by atoms with E-state index in [-0.39, 0.29) is 21.7 Å². The van der Waals surface area contributed by atoms with Crippen LogP contribution in [0.25, 0.3) is 6.08 Å². The van der Waals surface area contributed by atoms with Crippen LogP contribution in [-0.4, -0.2) is 36.6 Å². The molecule has 0 atom stereocenters. The van der Waals surface area contributed by atoms with Crippen LogP contribution in [0, 0.1) is 6.07 Å². The average Bonchev–Trinajstić information content (AvgIpc) is 2.37. The van der Waals surface area contributed by atoms with Crippen LogP contribution >= 0.6 is 0 Å². The quantitative estimate of drug-likeness (QED) is 0.511. The van der Waals surface area contributed by atoms with Crippen molar-refractivity contribution in [1.29, 1.82) is 0 Å². The number of rotatable bonds is 1. The number of aliphatic hydroxyl groups is 3. The van der Waals surface area contributed by atoms with E-state index in [0.29, 0.717) is 0 Å². The summed E-state index contributed by atoms with van der Waals surface area (Å²) in [6.45, 7) is 3.60. The summed E-state index contributed by atoms with van der Waals surface area (Å²) in [6.07, 6.45) is 1.78. The van der Waals surface area contributed by atoms with E-state index in [1.165, 1.54) is 0 Å². The third-order valence-electron chi connectivity index (χ3n) is 0.953. The second kappa shape index (κ2) is 29.2. The maximum Gasteiger partial charge on any atom is 0.0319 e. The number of hydrogen-bond donors (Lipinski definition) is 3. The second-order valence-corrected chi connectivity index (χ2v) is 1.52. The number of benzene rings is 1. The Labute approximate surface area is 107 Å². The minimum Gasteiger partial charge on any atom is -0.400 e. The molecule has 0 spiro atoms. The molecule has 0 saturated heterocycles. The van der Waals surface area contributed by atoms with Gasteiger partial charge in [0.25, 0.3) is 0 Å². The average molecular weight is 247 g/mol. The normalized spacial score (nSPS) is 5.73. The van der Waals surface area contributed by atoms with Gasteiger partial charge in [0.2, 0.25) is 0 Å². The summed E-state index contributed by atoms with van der Waals surface area (Å²) in [5, 5.41) is 21.0. The summed E-state index contributed by atoms with van der Waals surface area (Å²) in [5.74, 6) is 0. The van der Waals surface area contributed by atoms with Crippen molar-refractivity contribution in [2.45, 2.75) is 0 Å². The van der Waals surface area contributed by atoms with Gasteiger partial charge in [-0.1, -0.05) is 0 Å². The summed E-state index contributed by atoms with van der Waals surface area (Å²) >= 11 is 0. The van der Waals surface area contributed by atoms with Crippen molar-refractivity contribution < 1.29 is 37.0 Å². The van der Waals surface area contributed by atoms with Crippen molar-refractivity contribution in [3.8, 4) is 0 Å². The van der Waals surface area contributed by atoms with E-state index in [4.69, 9.17) is 15.3 Å². The maximum absolute atomic E-state index is 7.00. The molecule has 0 aromatic heterocycles. The Hall–Kier alpha value is -0.446. The van der Waals surface area contributed by atoms with Crippen molar-refractivity contribution in [2.24, 2.45) is 0 Å². The van der Waals surface area contributed by atoms with Gasteiger partial charge in [0.15, 0.2) is 0 Å². The molecule has 0 unspecified atom stereocenters. The Balaban J connectivity index is -0.0000000755. The van der Waals surface area contributed by atoms with Crippen LogP contribution in [0.2, 0.25) is 0 Å². The van der Waals surface area contributed by atoms with Crippen LogP contribution in [0.15, 0.2) is 30.8 Å². The molecule has 86 valence electrons. The van der Waals surface area contributed by atoms with Crippen molar-refractivity contribution in [3.05, 3.63) is 42.5 Å². The first kappa shape index (κ1) is 24.0. The summed E-state index contributed by atoms with van der Waals surface area (Å²) in [4.78, 5) is 0. The minimum absolute atomic E-state index is 0. The fourth-order valence-electron chi connectivity index (χ4n) is 0.534. The second-order valence-electron chi connectivity index (χ2n) is 1.52. The predicted molar refractivity (Wildman–Crippen MR) is 59.8 cm³/mol. The van der Waals surface area contributed by atoms with Crippen molar-refractivity contribution in [2.75, 3.05) is 21.3 Å². The summed E-state index contributed by atoms with van der Waals surface area (Å²) < 4.78 is 0. The van der Waals surface area contributed by atoms with Gasteiger partial charge in [-0.25, -0.2) is 0 Å². The van der Waals surface area contributed by atoms with E-state index in [1.54, 1.807) is 6.08 Å². The molecule has 0 amide bonds. The van der Waals surface area contributed by atoms with Crippen molar-refractivity contribution >= 4 is 6.08 Å². The summed E-state index contributed by atoms with van der Waals surface area (Å²) in [7, 11) is 3.00. The van der Waals surface area contributed by atoms with Gasteiger partial charge >= 0.3 is 0 Å². The van der Waals surface area contributed by atoms with E-state index in [2.05, 4.69) is 12.6 Å². The molecule has 0 bridgehead atoms. The monoisotopic (exact) mass is 247 g/mol. The molecule has 3 N–H and O–H groups in total. The molecular weight excluding hydrogens is 228 g/mol. The van der Waals surface area contributed by atoms with E-state index in [1.807, 2.05) is 24.3 Å².